The van der Waals surface area contributed by atoms with Crippen LogP contribution in [0.4, 0.5) is 17.1 Å². The van der Waals surface area contributed by atoms with Gasteiger partial charge in [0.1, 0.15) is 5.75 Å². The third-order valence-electron chi connectivity index (χ3n) is 6.00. The Labute approximate surface area is 202 Å². The number of ether oxygens (including phenoxy) is 1. The van der Waals surface area contributed by atoms with Crippen LogP contribution >= 0.6 is 0 Å². The van der Waals surface area contributed by atoms with Gasteiger partial charge in [-0.25, -0.2) is 4.79 Å². The fourth-order valence-corrected chi connectivity index (χ4v) is 3.92. The quantitative estimate of drug-likeness (QED) is 0.163. The molecule has 0 amide bonds. The highest BCUT2D eigenvalue weighted by Crippen LogP contribution is 2.36. The first-order chi connectivity index (χ1) is 16.4. The molecule has 0 bridgehead atoms. The number of carbonyl (C=O) groups excluding carboxylic acids is 1. The highest BCUT2D eigenvalue weighted by molar-refractivity contribution is 5.83. The van der Waals surface area contributed by atoms with Crippen molar-refractivity contribution in [2.24, 2.45) is 0 Å². The maximum atomic E-state index is 11.4. The summed E-state index contributed by atoms with van der Waals surface area (Å²) in [5, 5.41) is 0. The number of esters is 1. The molecule has 0 fully saturated rings. The molecule has 3 heteroatoms. The van der Waals surface area contributed by atoms with Crippen molar-refractivity contribution in [1.29, 1.82) is 0 Å². The van der Waals surface area contributed by atoms with Gasteiger partial charge >= 0.3 is 5.97 Å². The molecule has 4 aromatic carbocycles. The van der Waals surface area contributed by atoms with Crippen molar-refractivity contribution >= 4 is 23.0 Å². The lowest BCUT2D eigenvalue weighted by Crippen LogP contribution is -2.10. The molecule has 0 spiro atoms. The van der Waals surface area contributed by atoms with Crippen LogP contribution < -0.4 is 9.64 Å². The summed E-state index contributed by atoms with van der Waals surface area (Å²) in [6, 6.07) is 33.5. The van der Waals surface area contributed by atoms with E-state index in [1.807, 2.05) is 24.3 Å². The molecule has 1 unspecified atom stereocenters. The average Bonchev–Trinajstić information content (AvgIpc) is 2.87. The third kappa shape index (κ3) is 5.26. The number of rotatable bonds is 7. The number of aryl methyl sites for hydroxylation is 2. The van der Waals surface area contributed by atoms with E-state index in [0.717, 1.165) is 28.7 Å². The van der Waals surface area contributed by atoms with Crippen LogP contribution in [0.1, 0.15) is 35.1 Å². The van der Waals surface area contributed by atoms with Crippen molar-refractivity contribution in [2.75, 3.05) is 4.90 Å². The molecule has 170 valence electrons. The number of nitrogens with zero attached hydrogens (tertiary/aromatic N) is 1. The zero-order valence-electron chi connectivity index (χ0n) is 19.9. The van der Waals surface area contributed by atoms with Gasteiger partial charge in [0.05, 0.1) is 0 Å². The number of benzene rings is 4. The molecular formula is C31H29NO2. The maximum absolute atomic E-state index is 11.4. The van der Waals surface area contributed by atoms with E-state index in [4.69, 9.17) is 4.74 Å². The summed E-state index contributed by atoms with van der Waals surface area (Å²) in [7, 11) is 0. The molecule has 0 aliphatic carbocycles. The zero-order chi connectivity index (χ0) is 24.1. The minimum Gasteiger partial charge on any atom is -0.423 e. The number of anilines is 3. The standard InChI is InChI=1S/C31H29NO2/c1-5-31(33)34-30-20-12-26(13-21-30)24(4)25-10-18-29(19-11-25)32(27-14-6-22(2)7-15-27)28-16-8-23(3)9-17-28/h5-21,24H,1H2,2-4H3. The van der Waals surface area contributed by atoms with Gasteiger partial charge in [0.25, 0.3) is 0 Å². The van der Waals surface area contributed by atoms with Crippen LogP contribution in [0, 0.1) is 13.8 Å². The molecular weight excluding hydrogens is 418 g/mol. The van der Waals surface area contributed by atoms with Crippen molar-refractivity contribution in [3.05, 3.63) is 132 Å². The number of carbonyl (C=O) groups is 1. The molecule has 4 aromatic rings. The van der Waals surface area contributed by atoms with E-state index in [1.54, 1.807) is 0 Å². The summed E-state index contributed by atoms with van der Waals surface area (Å²) in [5.74, 6) is 0.261. The van der Waals surface area contributed by atoms with Gasteiger partial charge in [-0.05, 0) is 73.5 Å². The van der Waals surface area contributed by atoms with Gasteiger partial charge in [-0.1, -0.05) is 73.2 Å². The minimum absolute atomic E-state index is 0.199. The summed E-state index contributed by atoms with van der Waals surface area (Å²) < 4.78 is 5.18. The Bertz CT molecular complexity index is 1210. The molecule has 0 heterocycles. The Morgan fingerprint density at radius 1 is 0.706 bits per heavy atom. The molecule has 0 aliphatic heterocycles. The fraction of sp³-hybridized carbons (Fsp3) is 0.129. The third-order valence-corrected chi connectivity index (χ3v) is 6.00. The van der Waals surface area contributed by atoms with Gasteiger partial charge in [-0.15, -0.1) is 0 Å². The van der Waals surface area contributed by atoms with Crippen LogP contribution in [-0.2, 0) is 4.79 Å². The van der Waals surface area contributed by atoms with Crippen LogP contribution in [0.5, 0.6) is 5.75 Å². The summed E-state index contributed by atoms with van der Waals surface area (Å²) in [6.07, 6.45) is 1.16. The van der Waals surface area contributed by atoms with E-state index < -0.39 is 5.97 Å². The number of hydrogen-bond acceptors (Lipinski definition) is 3. The Morgan fingerprint density at radius 3 is 1.50 bits per heavy atom. The molecule has 0 N–H and O–H groups in total. The van der Waals surface area contributed by atoms with E-state index in [2.05, 4.69) is 105 Å². The van der Waals surface area contributed by atoms with Gasteiger partial charge in [0, 0.05) is 29.1 Å². The molecule has 0 saturated carbocycles. The molecule has 1 atom stereocenters. The van der Waals surface area contributed by atoms with Crippen LogP contribution in [0.15, 0.2) is 110 Å². The van der Waals surface area contributed by atoms with Gasteiger partial charge in [0.2, 0.25) is 0 Å². The first kappa shape index (κ1) is 23.1. The normalized spacial score (nSPS) is 11.5. The Balaban J connectivity index is 1.60. The van der Waals surface area contributed by atoms with E-state index in [9.17, 15) is 4.79 Å². The Morgan fingerprint density at radius 2 is 1.09 bits per heavy atom. The Hall–Kier alpha value is -4.11. The Kier molecular flexibility index (Phi) is 6.93. The van der Waals surface area contributed by atoms with E-state index in [0.29, 0.717) is 5.75 Å². The molecule has 34 heavy (non-hydrogen) atoms. The zero-order valence-corrected chi connectivity index (χ0v) is 19.9. The largest absolute Gasteiger partial charge is 0.423 e. The predicted octanol–water partition coefficient (Wildman–Crippen LogP) is 8.02. The van der Waals surface area contributed by atoms with Crippen molar-refractivity contribution in [2.45, 2.75) is 26.7 Å². The van der Waals surface area contributed by atoms with Gasteiger partial charge in [0.15, 0.2) is 0 Å². The van der Waals surface area contributed by atoms with Crippen molar-refractivity contribution in [1.82, 2.24) is 0 Å². The summed E-state index contributed by atoms with van der Waals surface area (Å²) in [5.41, 5.74) is 8.20. The van der Waals surface area contributed by atoms with E-state index in [-0.39, 0.29) is 5.92 Å². The molecule has 0 aliphatic rings. The molecule has 0 saturated heterocycles. The van der Waals surface area contributed by atoms with Crippen LogP contribution in [-0.4, -0.2) is 5.97 Å². The lowest BCUT2D eigenvalue weighted by Gasteiger charge is -2.26. The second kappa shape index (κ2) is 10.2. The van der Waals surface area contributed by atoms with Crippen LogP contribution in [0.25, 0.3) is 0 Å². The maximum Gasteiger partial charge on any atom is 0.335 e. The fourth-order valence-electron chi connectivity index (χ4n) is 3.92. The summed E-state index contributed by atoms with van der Waals surface area (Å²) in [4.78, 5) is 13.7. The lowest BCUT2D eigenvalue weighted by atomic mass is 9.93. The van der Waals surface area contributed by atoms with Gasteiger partial charge in [-0.3, -0.25) is 0 Å². The molecule has 0 aromatic heterocycles. The predicted molar refractivity (Wildman–Crippen MR) is 140 cm³/mol. The second-order valence-electron chi connectivity index (χ2n) is 8.51. The minimum atomic E-state index is -0.455. The molecule has 3 nitrogen and oxygen atoms in total. The first-order valence-electron chi connectivity index (χ1n) is 11.4. The van der Waals surface area contributed by atoms with Crippen LogP contribution in [0.2, 0.25) is 0 Å². The number of hydrogen-bond donors (Lipinski definition) is 0. The van der Waals surface area contributed by atoms with E-state index >= 15 is 0 Å². The smallest absolute Gasteiger partial charge is 0.335 e. The average molecular weight is 448 g/mol. The SMILES string of the molecule is C=CC(=O)Oc1ccc(C(C)c2ccc(N(c3ccc(C)cc3)c3ccc(C)cc3)cc2)cc1. The summed E-state index contributed by atoms with van der Waals surface area (Å²) >= 11 is 0. The topological polar surface area (TPSA) is 29.5 Å². The first-order valence-corrected chi connectivity index (χ1v) is 11.4. The highest BCUT2D eigenvalue weighted by atomic mass is 16.5. The highest BCUT2D eigenvalue weighted by Gasteiger charge is 2.14. The van der Waals surface area contributed by atoms with Crippen LogP contribution in [0.3, 0.4) is 0 Å². The second-order valence-corrected chi connectivity index (χ2v) is 8.51. The van der Waals surface area contributed by atoms with Gasteiger partial charge in [-0.2, -0.15) is 0 Å². The van der Waals surface area contributed by atoms with E-state index in [1.165, 1.54) is 16.7 Å². The van der Waals surface area contributed by atoms with Crippen molar-refractivity contribution < 1.29 is 9.53 Å². The summed E-state index contributed by atoms with van der Waals surface area (Å²) in [6.45, 7) is 9.81. The molecule has 0 radical (unpaired) electrons. The molecule has 4 rings (SSSR count). The lowest BCUT2D eigenvalue weighted by molar-refractivity contribution is -0.128. The monoisotopic (exact) mass is 447 g/mol. The van der Waals surface area contributed by atoms with Crippen molar-refractivity contribution in [3.63, 3.8) is 0 Å². The van der Waals surface area contributed by atoms with Crippen molar-refractivity contribution in [3.8, 4) is 5.75 Å². The van der Waals surface area contributed by atoms with Gasteiger partial charge < -0.3 is 9.64 Å².